The Morgan fingerprint density at radius 2 is 2.21 bits per heavy atom. The molecule has 1 heterocycles. The fourth-order valence-corrected chi connectivity index (χ4v) is 2.82. The molecule has 0 radical (unpaired) electrons. The van der Waals surface area contributed by atoms with Crippen LogP contribution in [-0.2, 0) is 9.59 Å². The molecule has 1 rings (SSSR count). The number of rotatable bonds is 5. The zero-order valence-electron chi connectivity index (χ0n) is 10.8. The molecule has 0 bridgehead atoms. The second-order valence-electron chi connectivity index (χ2n) is 4.46. The molecule has 1 aliphatic heterocycles. The van der Waals surface area contributed by atoms with Crippen LogP contribution in [0.15, 0.2) is 0 Å². The predicted octanol–water partition coefficient (Wildman–Crippen LogP) is -0.148. The monoisotopic (exact) mass is 289 g/mol. The number of hydrogen-bond acceptors (Lipinski definition) is 4. The molecule has 4 N–H and O–H groups in total. The standard InChI is InChI=1S/C11H19N3O4S/c1-7-6-19-5-4-14(7)11(18)13-8(10(16)17)2-3-9(12)15/h7-8H,2-6H2,1H3,(H2,12,15)(H,13,18)(H,16,17). The van der Waals surface area contributed by atoms with Crippen molar-refractivity contribution in [2.24, 2.45) is 5.73 Å². The molecule has 2 unspecified atom stereocenters. The summed E-state index contributed by atoms with van der Waals surface area (Å²) in [5, 5.41) is 11.5. The van der Waals surface area contributed by atoms with Crippen LogP contribution in [0.3, 0.4) is 0 Å². The summed E-state index contributed by atoms with van der Waals surface area (Å²) in [4.78, 5) is 35.3. The van der Waals surface area contributed by atoms with E-state index in [1.807, 2.05) is 6.92 Å². The molecule has 0 aromatic rings. The number of primary amides is 1. The smallest absolute Gasteiger partial charge is 0.326 e. The van der Waals surface area contributed by atoms with Gasteiger partial charge in [0.25, 0.3) is 0 Å². The molecule has 1 fully saturated rings. The molecule has 0 saturated carbocycles. The summed E-state index contributed by atoms with van der Waals surface area (Å²) in [6.07, 6.45) is -0.0595. The lowest BCUT2D eigenvalue weighted by Crippen LogP contribution is -2.53. The van der Waals surface area contributed by atoms with Gasteiger partial charge < -0.3 is 21.1 Å². The Balaban J connectivity index is 2.55. The highest BCUT2D eigenvalue weighted by Crippen LogP contribution is 2.16. The first-order valence-electron chi connectivity index (χ1n) is 6.07. The van der Waals surface area contributed by atoms with E-state index in [0.717, 1.165) is 11.5 Å². The molecule has 0 aromatic carbocycles. The maximum atomic E-state index is 12.0. The van der Waals surface area contributed by atoms with Crippen molar-refractivity contribution in [3.05, 3.63) is 0 Å². The van der Waals surface area contributed by atoms with Crippen molar-refractivity contribution in [3.63, 3.8) is 0 Å². The van der Waals surface area contributed by atoms with E-state index in [-0.39, 0.29) is 18.9 Å². The van der Waals surface area contributed by atoms with Crippen molar-refractivity contribution in [1.29, 1.82) is 0 Å². The lowest BCUT2D eigenvalue weighted by Gasteiger charge is -2.33. The van der Waals surface area contributed by atoms with Crippen molar-refractivity contribution >= 4 is 29.7 Å². The first-order chi connectivity index (χ1) is 8.91. The third-order valence-corrected chi connectivity index (χ3v) is 4.09. The third kappa shape index (κ3) is 4.98. The van der Waals surface area contributed by atoms with Gasteiger partial charge in [-0.15, -0.1) is 0 Å². The molecular formula is C11H19N3O4S. The van der Waals surface area contributed by atoms with Gasteiger partial charge in [0.1, 0.15) is 6.04 Å². The molecule has 2 atom stereocenters. The summed E-state index contributed by atoms with van der Waals surface area (Å²) >= 11 is 1.76. The van der Waals surface area contributed by atoms with Gasteiger partial charge >= 0.3 is 12.0 Å². The van der Waals surface area contributed by atoms with E-state index < -0.39 is 23.9 Å². The van der Waals surface area contributed by atoms with Gasteiger partial charge in [0.05, 0.1) is 0 Å². The van der Waals surface area contributed by atoms with E-state index in [1.165, 1.54) is 0 Å². The van der Waals surface area contributed by atoms with Gasteiger partial charge in [-0.2, -0.15) is 11.8 Å². The highest BCUT2D eigenvalue weighted by molar-refractivity contribution is 7.99. The minimum atomic E-state index is -1.16. The quantitative estimate of drug-likeness (QED) is 0.651. The van der Waals surface area contributed by atoms with Crippen molar-refractivity contribution in [2.45, 2.75) is 31.8 Å². The number of amides is 3. The molecule has 1 aliphatic rings. The van der Waals surface area contributed by atoms with Gasteiger partial charge in [0.2, 0.25) is 5.91 Å². The van der Waals surface area contributed by atoms with Crippen LogP contribution in [0.25, 0.3) is 0 Å². The van der Waals surface area contributed by atoms with E-state index in [2.05, 4.69) is 5.32 Å². The second-order valence-corrected chi connectivity index (χ2v) is 5.61. The molecule has 0 aliphatic carbocycles. The summed E-state index contributed by atoms with van der Waals surface area (Å²) in [5.41, 5.74) is 4.98. The van der Waals surface area contributed by atoms with Crippen molar-refractivity contribution in [2.75, 3.05) is 18.1 Å². The van der Waals surface area contributed by atoms with Crippen LogP contribution in [0.4, 0.5) is 4.79 Å². The van der Waals surface area contributed by atoms with Crippen molar-refractivity contribution < 1.29 is 19.5 Å². The summed E-state index contributed by atoms with van der Waals surface area (Å²) in [5.74, 6) is -0.0552. The highest BCUT2D eigenvalue weighted by atomic mass is 32.2. The SMILES string of the molecule is CC1CSCCN1C(=O)NC(CCC(N)=O)C(=O)O. The maximum absolute atomic E-state index is 12.0. The van der Waals surface area contributed by atoms with Gasteiger partial charge in [0.15, 0.2) is 0 Å². The topological polar surface area (TPSA) is 113 Å². The number of carbonyl (C=O) groups is 3. The van der Waals surface area contributed by atoms with Crippen LogP contribution < -0.4 is 11.1 Å². The van der Waals surface area contributed by atoms with E-state index in [9.17, 15) is 14.4 Å². The Labute approximate surface area is 115 Å². The average molecular weight is 289 g/mol. The first kappa shape index (κ1) is 15.6. The zero-order chi connectivity index (χ0) is 14.4. The molecule has 8 heteroatoms. The number of thioether (sulfide) groups is 1. The molecule has 0 aromatic heterocycles. The van der Waals surface area contributed by atoms with E-state index >= 15 is 0 Å². The van der Waals surface area contributed by atoms with Gasteiger partial charge in [-0.05, 0) is 13.3 Å². The Kier molecular flexibility index (Phi) is 5.94. The fraction of sp³-hybridized carbons (Fsp3) is 0.727. The molecule has 7 nitrogen and oxygen atoms in total. The Morgan fingerprint density at radius 1 is 1.53 bits per heavy atom. The molecular weight excluding hydrogens is 270 g/mol. The fourth-order valence-electron chi connectivity index (χ4n) is 1.80. The molecule has 3 amide bonds. The van der Waals surface area contributed by atoms with Crippen LogP contribution in [0, 0.1) is 0 Å². The van der Waals surface area contributed by atoms with Gasteiger partial charge in [-0.3, -0.25) is 4.79 Å². The largest absolute Gasteiger partial charge is 0.480 e. The number of nitrogens with zero attached hydrogens (tertiary/aromatic N) is 1. The normalized spacial score (nSPS) is 20.7. The number of aliphatic carboxylic acids is 1. The lowest BCUT2D eigenvalue weighted by atomic mass is 10.1. The minimum Gasteiger partial charge on any atom is -0.480 e. The molecule has 0 spiro atoms. The average Bonchev–Trinajstić information content (AvgIpc) is 2.34. The van der Waals surface area contributed by atoms with Crippen LogP contribution in [-0.4, -0.2) is 58.0 Å². The second kappa shape index (κ2) is 7.22. The van der Waals surface area contributed by atoms with Crippen LogP contribution >= 0.6 is 11.8 Å². The van der Waals surface area contributed by atoms with Gasteiger partial charge in [-0.1, -0.05) is 0 Å². The van der Waals surface area contributed by atoms with Crippen molar-refractivity contribution in [3.8, 4) is 0 Å². The Bertz CT molecular complexity index is 364. The van der Waals surface area contributed by atoms with Crippen LogP contribution in [0.5, 0.6) is 0 Å². The highest BCUT2D eigenvalue weighted by Gasteiger charge is 2.27. The number of nitrogens with two attached hydrogens (primary N) is 1. The number of nitrogens with one attached hydrogen (secondary N) is 1. The van der Waals surface area contributed by atoms with Gasteiger partial charge in [0, 0.05) is 30.5 Å². The number of carboxylic acid groups (broad SMARTS) is 1. The van der Waals surface area contributed by atoms with Crippen LogP contribution in [0.1, 0.15) is 19.8 Å². The number of hydrogen-bond donors (Lipinski definition) is 3. The van der Waals surface area contributed by atoms with E-state index in [1.54, 1.807) is 16.7 Å². The summed E-state index contributed by atoms with van der Waals surface area (Å²) in [6, 6.07) is -1.41. The summed E-state index contributed by atoms with van der Waals surface area (Å²) in [7, 11) is 0. The van der Waals surface area contributed by atoms with Crippen molar-refractivity contribution in [1.82, 2.24) is 10.2 Å². The molecule has 19 heavy (non-hydrogen) atoms. The van der Waals surface area contributed by atoms with E-state index in [4.69, 9.17) is 10.8 Å². The molecule has 108 valence electrons. The lowest BCUT2D eigenvalue weighted by molar-refractivity contribution is -0.139. The van der Waals surface area contributed by atoms with Gasteiger partial charge in [-0.25, -0.2) is 9.59 Å². The Morgan fingerprint density at radius 3 is 2.74 bits per heavy atom. The number of carboxylic acids is 1. The summed E-state index contributed by atoms with van der Waals surface area (Å²) in [6.45, 7) is 2.52. The minimum absolute atomic E-state index is 0.00732. The molecule has 1 saturated heterocycles. The maximum Gasteiger partial charge on any atom is 0.326 e. The first-order valence-corrected chi connectivity index (χ1v) is 7.23. The summed E-state index contributed by atoms with van der Waals surface area (Å²) < 4.78 is 0. The number of urea groups is 1. The predicted molar refractivity (Wildman–Crippen MR) is 71.9 cm³/mol. The van der Waals surface area contributed by atoms with Crippen LogP contribution in [0.2, 0.25) is 0 Å². The Hall–Kier alpha value is -1.44. The third-order valence-electron chi connectivity index (χ3n) is 2.90. The number of carbonyl (C=O) groups excluding carboxylic acids is 2. The van der Waals surface area contributed by atoms with E-state index in [0.29, 0.717) is 6.54 Å². The zero-order valence-corrected chi connectivity index (χ0v) is 11.6.